The molecule has 3 aromatic rings. The Morgan fingerprint density at radius 1 is 1.25 bits per heavy atom. The molecule has 1 aliphatic rings. The number of nitrogens with zero attached hydrogens (tertiary/aromatic N) is 3. The lowest BCUT2D eigenvalue weighted by Crippen LogP contribution is -2.26. The molecule has 4 rings (SSSR count). The molecule has 1 aliphatic carbocycles. The van der Waals surface area contributed by atoms with Gasteiger partial charge in [0.25, 0.3) is 5.56 Å². The first-order valence-electron chi connectivity index (χ1n) is 8.27. The summed E-state index contributed by atoms with van der Waals surface area (Å²) in [6.07, 6.45) is 4.53. The fourth-order valence-electron chi connectivity index (χ4n) is 3.32. The first-order chi connectivity index (χ1) is 11.7. The van der Waals surface area contributed by atoms with Crippen molar-refractivity contribution in [3.05, 3.63) is 50.7 Å². The Morgan fingerprint density at radius 3 is 2.79 bits per heavy atom. The summed E-state index contributed by atoms with van der Waals surface area (Å²) in [7, 11) is 0. The van der Waals surface area contributed by atoms with Crippen molar-refractivity contribution in [3.63, 3.8) is 0 Å². The lowest BCUT2D eigenvalue weighted by atomic mass is 10.2. The van der Waals surface area contributed by atoms with E-state index in [1.54, 1.807) is 23.1 Å². The number of benzene rings is 1. The average molecular weight is 358 g/mol. The minimum atomic E-state index is 0.101. The Labute approximate surface area is 149 Å². The predicted octanol–water partition coefficient (Wildman–Crippen LogP) is 4.57. The maximum Gasteiger partial charge on any atom is 0.262 e. The van der Waals surface area contributed by atoms with Gasteiger partial charge in [-0.1, -0.05) is 36.7 Å². The normalized spacial score (nSPS) is 15.4. The summed E-state index contributed by atoms with van der Waals surface area (Å²) in [5.74, 6) is 0.752. The molecule has 0 spiro atoms. The van der Waals surface area contributed by atoms with Crippen LogP contribution >= 0.6 is 23.1 Å². The highest BCUT2D eigenvalue weighted by Crippen LogP contribution is 2.33. The summed E-state index contributed by atoms with van der Waals surface area (Å²) in [6, 6.07) is 7.94. The van der Waals surface area contributed by atoms with E-state index in [-0.39, 0.29) is 11.6 Å². The Kier molecular flexibility index (Phi) is 4.41. The maximum absolute atomic E-state index is 13.0. The Balaban J connectivity index is 1.76. The summed E-state index contributed by atoms with van der Waals surface area (Å²) >= 11 is 3.29. The first kappa shape index (κ1) is 15.8. The Morgan fingerprint density at radius 2 is 2.04 bits per heavy atom. The molecule has 4 nitrogen and oxygen atoms in total. The second kappa shape index (κ2) is 6.69. The molecule has 1 fully saturated rings. The van der Waals surface area contributed by atoms with Crippen molar-refractivity contribution in [1.29, 1.82) is 0 Å². The molecule has 6 heteroatoms. The van der Waals surface area contributed by atoms with Crippen LogP contribution in [0.4, 0.5) is 0 Å². The lowest BCUT2D eigenvalue weighted by molar-refractivity contribution is 0.457. The number of rotatable bonds is 4. The van der Waals surface area contributed by atoms with Gasteiger partial charge in [-0.25, -0.2) is 9.97 Å². The molecule has 1 aromatic carbocycles. The fraction of sp³-hybridized carbons (Fsp3) is 0.389. The maximum atomic E-state index is 13.0. The molecule has 0 atom stereocenters. The number of aromatic nitrogens is 3. The van der Waals surface area contributed by atoms with Gasteiger partial charge in [-0.15, -0.1) is 11.3 Å². The lowest BCUT2D eigenvalue weighted by Gasteiger charge is -2.18. The molecular formula is C18H19N3OS2. The van der Waals surface area contributed by atoms with Gasteiger partial charge in [0, 0.05) is 17.2 Å². The summed E-state index contributed by atoms with van der Waals surface area (Å²) in [6.45, 7) is 2.02. The van der Waals surface area contributed by atoms with Crippen LogP contribution in [0.3, 0.4) is 0 Å². The van der Waals surface area contributed by atoms with E-state index >= 15 is 0 Å². The van der Waals surface area contributed by atoms with Gasteiger partial charge in [-0.2, -0.15) is 0 Å². The molecule has 1 saturated carbocycles. The van der Waals surface area contributed by atoms with Crippen molar-refractivity contribution in [3.8, 4) is 0 Å². The SMILES string of the molecule is Cc1nc(CSc2nc3ccccc3c(=O)n2C2CCCC2)cs1. The molecule has 24 heavy (non-hydrogen) atoms. The van der Waals surface area contributed by atoms with Crippen LogP contribution in [0.5, 0.6) is 0 Å². The van der Waals surface area contributed by atoms with Crippen LogP contribution in [-0.2, 0) is 5.75 Å². The molecule has 2 heterocycles. The predicted molar refractivity (Wildman–Crippen MR) is 99.9 cm³/mol. The van der Waals surface area contributed by atoms with Gasteiger partial charge >= 0.3 is 0 Å². The van der Waals surface area contributed by atoms with Gasteiger partial charge < -0.3 is 0 Å². The van der Waals surface area contributed by atoms with Crippen LogP contribution < -0.4 is 5.56 Å². The van der Waals surface area contributed by atoms with Gasteiger partial charge in [0.05, 0.1) is 21.6 Å². The fourth-order valence-corrected chi connectivity index (χ4v) is 5.00. The van der Waals surface area contributed by atoms with Crippen molar-refractivity contribution >= 4 is 34.0 Å². The molecule has 0 unspecified atom stereocenters. The highest BCUT2D eigenvalue weighted by molar-refractivity contribution is 7.98. The van der Waals surface area contributed by atoms with Crippen molar-refractivity contribution in [2.75, 3.05) is 0 Å². The number of hydrogen-bond donors (Lipinski definition) is 0. The van der Waals surface area contributed by atoms with Crippen molar-refractivity contribution in [2.24, 2.45) is 0 Å². The Bertz CT molecular complexity index is 925. The molecular weight excluding hydrogens is 338 g/mol. The first-order valence-corrected chi connectivity index (χ1v) is 10.1. The van der Waals surface area contributed by atoms with E-state index in [9.17, 15) is 4.79 Å². The number of aryl methyl sites for hydroxylation is 1. The second-order valence-electron chi connectivity index (χ2n) is 6.17. The van der Waals surface area contributed by atoms with Crippen molar-refractivity contribution in [2.45, 2.75) is 49.6 Å². The third kappa shape index (κ3) is 3.00. The number of hydrogen-bond acceptors (Lipinski definition) is 5. The highest BCUT2D eigenvalue weighted by atomic mass is 32.2. The van der Waals surface area contributed by atoms with E-state index in [1.165, 1.54) is 12.8 Å². The molecule has 0 bridgehead atoms. The topological polar surface area (TPSA) is 47.8 Å². The summed E-state index contributed by atoms with van der Waals surface area (Å²) < 4.78 is 1.94. The van der Waals surface area contributed by atoms with Gasteiger partial charge in [0.1, 0.15) is 0 Å². The monoisotopic (exact) mass is 357 g/mol. The number of para-hydroxylation sites is 1. The standard InChI is InChI=1S/C18H19N3OS2/c1-12-19-13(10-23-12)11-24-18-20-16-9-5-4-8-15(16)17(22)21(18)14-6-2-3-7-14/h4-5,8-10,14H,2-3,6-7,11H2,1H3. The quantitative estimate of drug-likeness (QED) is 0.507. The van der Waals surface area contributed by atoms with E-state index in [4.69, 9.17) is 4.98 Å². The van der Waals surface area contributed by atoms with Crippen LogP contribution in [0, 0.1) is 6.92 Å². The second-order valence-corrected chi connectivity index (χ2v) is 8.18. The number of thiazole rings is 1. The van der Waals surface area contributed by atoms with E-state index in [1.807, 2.05) is 35.8 Å². The van der Waals surface area contributed by atoms with E-state index < -0.39 is 0 Å². The molecule has 0 amide bonds. The summed E-state index contributed by atoms with van der Waals surface area (Å²) in [4.78, 5) is 22.4. The third-order valence-corrected chi connectivity index (χ3v) is 6.29. The average Bonchev–Trinajstić information content (AvgIpc) is 3.25. The zero-order valence-electron chi connectivity index (χ0n) is 13.6. The smallest absolute Gasteiger partial charge is 0.262 e. The van der Waals surface area contributed by atoms with Crippen LogP contribution in [-0.4, -0.2) is 14.5 Å². The van der Waals surface area contributed by atoms with Gasteiger partial charge in [-0.3, -0.25) is 9.36 Å². The van der Waals surface area contributed by atoms with Gasteiger partial charge in [0.2, 0.25) is 0 Å². The molecule has 0 radical (unpaired) electrons. The molecule has 0 saturated heterocycles. The summed E-state index contributed by atoms with van der Waals surface area (Å²) in [5, 5.41) is 4.71. The van der Waals surface area contributed by atoms with Crippen molar-refractivity contribution in [1.82, 2.24) is 14.5 Å². The van der Waals surface area contributed by atoms with Crippen LogP contribution in [0.1, 0.15) is 42.4 Å². The van der Waals surface area contributed by atoms with Gasteiger partial charge in [-0.05, 0) is 31.9 Å². The van der Waals surface area contributed by atoms with E-state index in [0.717, 1.165) is 45.4 Å². The third-order valence-electron chi connectivity index (χ3n) is 4.48. The molecule has 0 N–H and O–H groups in total. The largest absolute Gasteiger partial charge is 0.284 e. The number of thioether (sulfide) groups is 1. The van der Waals surface area contributed by atoms with E-state index in [2.05, 4.69) is 10.4 Å². The molecule has 2 aromatic heterocycles. The van der Waals surface area contributed by atoms with E-state index in [0.29, 0.717) is 0 Å². The highest BCUT2D eigenvalue weighted by Gasteiger charge is 2.23. The van der Waals surface area contributed by atoms with Gasteiger partial charge in [0.15, 0.2) is 5.16 Å². The minimum Gasteiger partial charge on any atom is -0.284 e. The molecule has 124 valence electrons. The van der Waals surface area contributed by atoms with Crippen LogP contribution in [0.2, 0.25) is 0 Å². The zero-order valence-corrected chi connectivity index (χ0v) is 15.2. The van der Waals surface area contributed by atoms with Crippen LogP contribution in [0.15, 0.2) is 39.6 Å². The minimum absolute atomic E-state index is 0.101. The molecule has 0 aliphatic heterocycles. The zero-order chi connectivity index (χ0) is 16.5. The van der Waals surface area contributed by atoms with Crippen molar-refractivity contribution < 1.29 is 0 Å². The summed E-state index contributed by atoms with van der Waals surface area (Å²) in [5.41, 5.74) is 1.95. The Hall–Kier alpha value is -1.66. The number of fused-ring (bicyclic) bond motifs is 1. The van der Waals surface area contributed by atoms with Crippen LogP contribution in [0.25, 0.3) is 10.9 Å².